The van der Waals surface area contributed by atoms with Gasteiger partial charge in [-0.05, 0) is 100 Å². The van der Waals surface area contributed by atoms with Crippen molar-refractivity contribution in [2.24, 2.45) is 23.2 Å². The molecular weight excluding hydrogens is 356 g/mol. The van der Waals surface area contributed by atoms with Crippen LogP contribution in [0, 0.1) is 23.2 Å². The summed E-state index contributed by atoms with van der Waals surface area (Å²) < 4.78 is 0. The molecule has 0 saturated heterocycles. The summed E-state index contributed by atoms with van der Waals surface area (Å²) in [7, 11) is 0. The van der Waals surface area contributed by atoms with E-state index in [-0.39, 0.29) is 6.10 Å². The van der Waals surface area contributed by atoms with E-state index < -0.39 is 5.60 Å². The summed E-state index contributed by atoms with van der Waals surface area (Å²) in [5.41, 5.74) is 3.96. The molecule has 2 nitrogen and oxygen atoms in total. The molecule has 3 fully saturated rings. The van der Waals surface area contributed by atoms with Crippen LogP contribution in [0.15, 0.2) is 35.5 Å². The highest BCUT2D eigenvalue weighted by Crippen LogP contribution is 2.59. The summed E-state index contributed by atoms with van der Waals surface area (Å²) in [5, 5.41) is 20.1. The first-order valence-electron chi connectivity index (χ1n) is 12.1. The lowest BCUT2D eigenvalue weighted by atomic mass is 9.60. The van der Waals surface area contributed by atoms with Gasteiger partial charge in [0.15, 0.2) is 0 Å². The predicted octanol–water partition coefficient (Wildman–Crippen LogP) is 6.73. The maximum absolute atomic E-state index is 10.1. The summed E-state index contributed by atoms with van der Waals surface area (Å²) in [5.74, 6) is 2.29. The first-order valence-corrected chi connectivity index (χ1v) is 12.1. The van der Waals surface area contributed by atoms with E-state index in [0.717, 1.165) is 55.4 Å². The van der Waals surface area contributed by atoms with Gasteiger partial charge in [-0.1, -0.05) is 56.6 Å². The summed E-state index contributed by atoms with van der Waals surface area (Å²) in [6.45, 7) is 12.9. The first kappa shape index (κ1) is 22.8. The van der Waals surface area contributed by atoms with E-state index in [9.17, 15) is 10.2 Å². The molecule has 0 aromatic carbocycles. The summed E-state index contributed by atoms with van der Waals surface area (Å²) >= 11 is 0. The van der Waals surface area contributed by atoms with Gasteiger partial charge in [0.1, 0.15) is 0 Å². The van der Waals surface area contributed by atoms with Crippen molar-refractivity contribution >= 4 is 0 Å². The minimum absolute atomic E-state index is 0.342. The third-order valence-corrected chi connectivity index (χ3v) is 8.40. The van der Waals surface area contributed by atoms with Gasteiger partial charge in [-0.3, -0.25) is 0 Å². The molecule has 3 aliphatic rings. The SMILES string of the molecule is C=C1CC/C(=C\C=C2/CCC[C@]3(C)[C@@H]([C@H](C)CCCC(C)(C)O)CC[C@@H]23)C[C@H]1O. The van der Waals surface area contributed by atoms with Gasteiger partial charge in [0.05, 0.1) is 11.7 Å². The van der Waals surface area contributed by atoms with Crippen LogP contribution < -0.4 is 0 Å². The molecule has 0 bridgehead atoms. The van der Waals surface area contributed by atoms with Gasteiger partial charge in [-0.2, -0.15) is 0 Å². The fourth-order valence-corrected chi connectivity index (χ4v) is 6.63. The Morgan fingerprint density at radius 1 is 1.21 bits per heavy atom. The minimum atomic E-state index is -0.533. The predicted molar refractivity (Wildman–Crippen MR) is 123 cm³/mol. The molecule has 0 aromatic rings. The molecule has 3 rings (SSSR count). The molecule has 3 aliphatic carbocycles. The van der Waals surface area contributed by atoms with Crippen LogP contribution in [0.1, 0.15) is 98.3 Å². The lowest BCUT2D eigenvalue weighted by Gasteiger charge is -2.44. The van der Waals surface area contributed by atoms with Crippen molar-refractivity contribution in [3.8, 4) is 0 Å². The Hall–Kier alpha value is -0.860. The second-order valence-corrected chi connectivity index (χ2v) is 11.2. The van der Waals surface area contributed by atoms with E-state index in [1.807, 2.05) is 13.8 Å². The van der Waals surface area contributed by atoms with Crippen LogP contribution in [0.4, 0.5) is 0 Å². The number of aliphatic hydroxyl groups excluding tert-OH is 1. The lowest BCUT2D eigenvalue weighted by Crippen LogP contribution is -2.36. The maximum Gasteiger partial charge on any atom is 0.0784 e. The van der Waals surface area contributed by atoms with Crippen LogP contribution in [0.3, 0.4) is 0 Å². The highest BCUT2D eigenvalue weighted by atomic mass is 16.3. The number of fused-ring (bicyclic) bond motifs is 1. The van der Waals surface area contributed by atoms with E-state index in [2.05, 4.69) is 32.6 Å². The number of hydrogen-bond acceptors (Lipinski definition) is 2. The maximum atomic E-state index is 10.1. The number of rotatable bonds is 6. The minimum Gasteiger partial charge on any atom is -0.390 e. The molecule has 2 heteroatoms. The van der Waals surface area contributed by atoms with Crippen LogP contribution in [0.5, 0.6) is 0 Å². The second-order valence-electron chi connectivity index (χ2n) is 11.2. The Bertz CT molecular complexity index is 650. The number of aliphatic hydroxyl groups is 2. The van der Waals surface area contributed by atoms with Crippen LogP contribution in [-0.2, 0) is 0 Å². The average molecular weight is 401 g/mol. The van der Waals surface area contributed by atoms with Gasteiger partial charge >= 0.3 is 0 Å². The third kappa shape index (κ3) is 5.44. The Labute approximate surface area is 179 Å². The largest absolute Gasteiger partial charge is 0.390 e. The Kier molecular flexibility index (Phi) is 7.16. The molecule has 0 aliphatic heterocycles. The lowest BCUT2D eigenvalue weighted by molar-refractivity contribution is 0.0596. The zero-order valence-electron chi connectivity index (χ0n) is 19.3. The highest BCUT2D eigenvalue weighted by Gasteiger charge is 2.50. The molecule has 164 valence electrons. The van der Waals surface area contributed by atoms with Gasteiger partial charge in [-0.25, -0.2) is 0 Å². The standard InChI is InChI=1S/C27H44O2/c1-19(8-6-16-26(3,4)29)23-14-15-24-22(9-7-17-27(23,24)5)13-12-21-11-10-20(2)25(28)18-21/h12-13,19,23-25,28-29H,2,6-11,14-18H2,1,3-5H3/b21-12+,22-13+/t19-,23-,24+,25-,27-/m1/s1. The molecule has 0 aromatic heterocycles. The van der Waals surface area contributed by atoms with Crippen molar-refractivity contribution in [2.75, 3.05) is 0 Å². The van der Waals surface area contributed by atoms with Crippen molar-refractivity contribution in [2.45, 2.75) is 110 Å². The Balaban J connectivity index is 1.65. The van der Waals surface area contributed by atoms with Crippen molar-refractivity contribution in [1.29, 1.82) is 0 Å². The highest BCUT2D eigenvalue weighted by molar-refractivity contribution is 5.28. The quantitative estimate of drug-likeness (QED) is 0.485. The molecule has 0 radical (unpaired) electrons. The summed E-state index contributed by atoms with van der Waals surface area (Å²) in [4.78, 5) is 0. The molecule has 29 heavy (non-hydrogen) atoms. The van der Waals surface area contributed by atoms with Gasteiger partial charge < -0.3 is 10.2 Å². The van der Waals surface area contributed by atoms with Crippen molar-refractivity contribution in [3.05, 3.63) is 35.5 Å². The second kappa shape index (κ2) is 9.10. The topological polar surface area (TPSA) is 40.5 Å². The van der Waals surface area contributed by atoms with Gasteiger partial charge in [0, 0.05) is 0 Å². The zero-order chi connectivity index (χ0) is 21.2. The fourth-order valence-electron chi connectivity index (χ4n) is 6.63. The van der Waals surface area contributed by atoms with Crippen LogP contribution in [0.2, 0.25) is 0 Å². The molecule has 0 amide bonds. The fraction of sp³-hybridized carbons (Fsp3) is 0.778. The van der Waals surface area contributed by atoms with Crippen molar-refractivity contribution < 1.29 is 10.2 Å². The normalized spacial score (nSPS) is 37.2. The van der Waals surface area contributed by atoms with Crippen LogP contribution >= 0.6 is 0 Å². The van der Waals surface area contributed by atoms with E-state index >= 15 is 0 Å². The van der Waals surface area contributed by atoms with Gasteiger partial charge in [-0.15, -0.1) is 0 Å². The van der Waals surface area contributed by atoms with E-state index in [4.69, 9.17) is 0 Å². The van der Waals surface area contributed by atoms with E-state index in [0.29, 0.717) is 5.41 Å². The Morgan fingerprint density at radius 3 is 2.66 bits per heavy atom. The third-order valence-electron chi connectivity index (χ3n) is 8.40. The molecule has 3 saturated carbocycles. The summed E-state index contributed by atoms with van der Waals surface area (Å²) in [6, 6.07) is 0. The molecule has 0 heterocycles. The number of hydrogen-bond donors (Lipinski definition) is 2. The first-order chi connectivity index (χ1) is 13.6. The van der Waals surface area contributed by atoms with Crippen LogP contribution in [0.25, 0.3) is 0 Å². The Morgan fingerprint density at radius 2 is 1.97 bits per heavy atom. The van der Waals surface area contributed by atoms with Crippen LogP contribution in [-0.4, -0.2) is 21.9 Å². The van der Waals surface area contributed by atoms with E-state index in [1.54, 1.807) is 5.57 Å². The molecular formula is C27H44O2. The monoisotopic (exact) mass is 400 g/mol. The molecule has 5 atom stereocenters. The zero-order valence-corrected chi connectivity index (χ0v) is 19.3. The van der Waals surface area contributed by atoms with Gasteiger partial charge in [0.25, 0.3) is 0 Å². The molecule has 2 N–H and O–H groups in total. The average Bonchev–Trinajstić information content (AvgIpc) is 2.99. The number of allylic oxidation sites excluding steroid dienone is 3. The van der Waals surface area contributed by atoms with E-state index in [1.165, 1.54) is 44.1 Å². The summed E-state index contributed by atoms with van der Waals surface area (Å²) in [6.07, 6.45) is 17.1. The molecule has 0 spiro atoms. The van der Waals surface area contributed by atoms with Crippen molar-refractivity contribution in [1.82, 2.24) is 0 Å². The molecule has 0 unspecified atom stereocenters. The van der Waals surface area contributed by atoms with Crippen molar-refractivity contribution in [3.63, 3.8) is 0 Å². The van der Waals surface area contributed by atoms with Gasteiger partial charge in [0.2, 0.25) is 0 Å². The smallest absolute Gasteiger partial charge is 0.0784 e.